The first kappa shape index (κ1) is 24.5. The van der Waals surface area contributed by atoms with E-state index in [1.165, 1.54) is 24.8 Å². The molecule has 3 nitrogen and oxygen atoms in total. The van der Waals surface area contributed by atoms with Crippen LogP contribution in [0.1, 0.15) is 25.3 Å². The SMILES string of the molecule is CCCCc1cc[c-]cc1.[O-]B([O-])Oc1c(F)c(F)c(F)c(F)c1F.[Ru+3]. The molecule has 2 rings (SSSR count). The Kier molecular flexibility index (Phi) is 11.3. The second-order valence-electron chi connectivity index (χ2n) is 4.82. The molecule has 0 N–H and O–H groups in total. The number of halogens is 5. The number of aryl methyl sites for hydroxylation is 1. The number of unbranched alkanes of at least 4 members (excludes halogenated alkanes) is 1. The maximum atomic E-state index is 12.6. The molecule has 0 fully saturated rings. The Morgan fingerprint density at radius 1 is 0.923 bits per heavy atom. The molecule has 0 bridgehead atoms. The van der Waals surface area contributed by atoms with Crippen LogP contribution in [-0.2, 0) is 25.9 Å². The zero-order valence-electron chi connectivity index (χ0n) is 13.5. The van der Waals surface area contributed by atoms with E-state index < -0.39 is 42.2 Å². The van der Waals surface area contributed by atoms with Crippen LogP contribution in [0.15, 0.2) is 24.3 Å². The van der Waals surface area contributed by atoms with Gasteiger partial charge >= 0.3 is 19.5 Å². The van der Waals surface area contributed by atoms with Crippen LogP contribution in [0.2, 0.25) is 0 Å². The van der Waals surface area contributed by atoms with Crippen molar-refractivity contribution in [3.8, 4) is 5.75 Å². The molecule has 0 unspecified atom stereocenters. The van der Waals surface area contributed by atoms with Gasteiger partial charge in [0, 0.05) is 0 Å². The molecule has 0 heterocycles. The number of rotatable bonds is 5. The average Bonchev–Trinajstić information content (AvgIpc) is 2.61. The fourth-order valence-electron chi connectivity index (χ4n) is 1.75. The van der Waals surface area contributed by atoms with Crippen molar-refractivity contribution in [2.24, 2.45) is 0 Å². The molecular weight excluding hydrogens is 447 g/mol. The summed E-state index contributed by atoms with van der Waals surface area (Å²) in [5.74, 6) is -13.6. The number of hydrogen-bond donors (Lipinski definition) is 0. The summed E-state index contributed by atoms with van der Waals surface area (Å²) in [6, 6.07) is 11.2. The van der Waals surface area contributed by atoms with Crippen LogP contribution >= 0.6 is 0 Å². The topological polar surface area (TPSA) is 55.3 Å². The molecule has 0 aliphatic heterocycles. The van der Waals surface area contributed by atoms with E-state index >= 15 is 0 Å². The van der Waals surface area contributed by atoms with Gasteiger partial charge in [-0.25, -0.2) is 13.2 Å². The first-order valence-electron chi connectivity index (χ1n) is 7.24. The largest absolute Gasteiger partial charge is 3.00 e. The monoisotopic (exact) mass is 461 g/mol. The minimum Gasteiger partial charge on any atom is -0.860 e. The van der Waals surface area contributed by atoms with Crippen LogP contribution in [0.4, 0.5) is 22.0 Å². The third-order valence-electron chi connectivity index (χ3n) is 2.99. The fraction of sp³-hybridized carbons (Fsp3) is 0.250. The fourth-order valence-corrected chi connectivity index (χ4v) is 1.75. The van der Waals surface area contributed by atoms with Crippen molar-refractivity contribution in [1.29, 1.82) is 0 Å². The van der Waals surface area contributed by atoms with Crippen molar-refractivity contribution in [2.45, 2.75) is 26.2 Å². The zero-order chi connectivity index (χ0) is 19.0. The second-order valence-corrected chi connectivity index (χ2v) is 4.82. The summed E-state index contributed by atoms with van der Waals surface area (Å²) in [6.07, 6.45) is 3.79. The molecule has 2 aromatic rings. The molecule has 0 saturated carbocycles. The summed E-state index contributed by atoms with van der Waals surface area (Å²) < 4.78 is 65.9. The third-order valence-corrected chi connectivity index (χ3v) is 2.99. The Bertz CT molecular complexity index is 660. The van der Waals surface area contributed by atoms with E-state index in [-0.39, 0.29) is 19.5 Å². The van der Waals surface area contributed by atoms with Gasteiger partial charge in [0.1, 0.15) is 7.32 Å². The Morgan fingerprint density at radius 2 is 1.38 bits per heavy atom. The molecular formula is C16H13BF5O3Ru. The first-order valence-corrected chi connectivity index (χ1v) is 7.24. The van der Waals surface area contributed by atoms with Crippen molar-refractivity contribution < 1.29 is 56.1 Å². The van der Waals surface area contributed by atoms with Gasteiger partial charge in [0.15, 0.2) is 5.75 Å². The third kappa shape index (κ3) is 7.02. The van der Waals surface area contributed by atoms with E-state index in [0.29, 0.717) is 0 Å². The van der Waals surface area contributed by atoms with Crippen molar-refractivity contribution in [3.05, 3.63) is 65.0 Å². The quantitative estimate of drug-likeness (QED) is 0.226. The maximum Gasteiger partial charge on any atom is 3.00 e. The van der Waals surface area contributed by atoms with Crippen molar-refractivity contribution in [2.75, 3.05) is 0 Å². The van der Waals surface area contributed by atoms with Crippen LogP contribution in [0.3, 0.4) is 0 Å². The first-order chi connectivity index (χ1) is 11.8. The van der Waals surface area contributed by atoms with Gasteiger partial charge in [0.25, 0.3) is 0 Å². The van der Waals surface area contributed by atoms with Gasteiger partial charge in [0.05, 0.1) is 0 Å². The summed E-state index contributed by atoms with van der Waals surface area (Å²) in [7, 11) is -3.20. The summed E-state index contributed by atoms with van der Waals surface area (Å²) in [5.41, 5.74) is 1.43. The van der Waals surface area contributed by atoms with E-state index in [4.69, 9.17) is 0 Å². The minimum absolute atomic E-state index is 0. The average molecular weight is 460 g/mol. The van der Waals surface area contributed by atoms with Gasteiger partial charge in [-0.2, -0.15) is 44.7 Å². The van der Waals surface area contributed by atoms with Gasteiger partial charge in [-0.3, -0.25) is 0 Å². The van der Waals surface area contributed by atoms with Crippen LogP contribution in [-0.4, -0.2) is 7.32 Å². The maximum absolute atomic E-state index is 12.6. The molecule has 2 aromatic carbocycles. The Balaban J connectivity index is 0.000000497. The van der Waals surface area contributed by atoms with Crippen LogP contribution in [0.25, 0.3) is 0 Å². The normalized spacial score (nSPS) is 9.69. The van der Waals surface area contributed by atoms with E-state index in [0.717, 1.165) is 0 Å². The molecule has 26 heavy (non-hydrogen) atoms. The van der Waals surface area contributed by atoms with Gasteiger partial charge in [-0.1, -0.05) is 26.2 Å². The van der Waals surface area contributed by atoms with Crippen LogP contribution < -0.4 is 14.7 Å². The van der Waals surface area contributed by atoms with Gasteiger partial charge < -0.3 is 14.7 Å². The van der Waals surface area contributed by atoms with Crippen molar-refractivity contribution >= 4 is 7.32 Å². The summed E-state index contributed by atoms with van der Waals surface area (Å²) >= 11 is 0. The molecule has 141 valence electrons. The Morgan fingerprint density at radius 3 is 1.81 bits per heavy atom. The van der Waals surface area contributed by atoms with Crippen molar-refractivity contribution in [1.82, 2.24) is 0 Å². The molecule has 0 spiro atoms. The molecule has 0 aliphatic rings. The zero-order valence-corrected chi connectivity index (χ0v) is 15.2. The van der Waals surface area contributed by atoms with Gasteiger partial charge in [-0.05, 0) is 0 Å². The summed E-state index contributed by atoms with van der Waals surface area (Å²) in [6.45, 7) is 2.22. The molecule has 0 amide bonds. The summed E-state index contributed by atoms with van der Waals surface area (Å²) in [4.78, 5) is 0. The molecule has 1 radical (unpaired) electrons. The molecule has 0 aliphatic carbocycles. The van der Waals surface area contributed by atoms with Crippen molar-refractivity contribution in [3.63, 3.8) is 0 Å². The standard InChI is InChI=1S/C10H13.C6BF5O3.Ru/c1-2-3-7-10-8-5-4-6-9-10;8-1-2(9)4(11)6(15-7(13)14)5(12)3(1)10;/h5-6,8-9H,2-3,7H2,1H3;;/q-1;-2;+3. The smallest absolute Gasteiger partial charge is 0.860 e. The van der Waals surface area contributed by atoms with E-state index in [1.807, 2.05) is 12.1 Å². The van der Waals surface area contributed by atoms with Crippen LogP contribution in [0.5, 0.6) is 5.75 Å². The summed E-state index contributed by atoms with van der Waals surface area (Å²) in [5, 5.41) is 19.7. The Labute approximate surface area is 160 Å². The van der Waals surface area contributed by atoms with Gasteiger partial charge in [-0.15, -0.1) is 0 Å². The Hall–Kier alpha value is -1.50. The molecule has 0 aromatic heterocycles. The second kappa shape index (κ2) is 12.0. The molecule has 10 heteroatoms. The van der Waals surface area contributed by atoms with E-state index in [1.54, 1.807) is 0 Å². The predicted molar refractivity (Wildman–Crippen MR) is 76.5 cm³/mol. The minimum atomic E-state index is -3.20. The number of hydrogen-bond acceptors (Lipinski definition) is 3. The number of benzene rings is 2. The predicted octanol–water partition coefficient (Wildman–Crippen LogP) is 2.29. The van der Waals surface area contributed by atoms with E-state index in [2.05, 4.69) is 29.8 Å². The molecule has 0 atom stereocenters. The van der Waals surface area contributed by atoms with Crippen LogP contribution in [0, 0.1) is 35.2 Å². The van der Waals surface area contributed by atoms with E-state index in [9.17, 15) is 32.0 Å². The van der Waals surface area contributed by atoms with Gasteiger partial charge in [0.2, 0.25) is 29.1 Å². The molecule has 0 saturated heterocycles.